The van der Waals surface area contributed by atoms with E-state index in [4.69, 9.17) is 4.74 Å². The molecule has 3 rings (SSSR count). The van der Waals surface area contributed by atoms with Gasteiger partial charge in [-0.25, -0.2) is 0 Å². The van der Waals surface area contributed by atoms with Gasteiger partial charge in [0.15, 0.2) is 6.54 Å². The van der Waals surface area contributed by atoms with Gasteiger partial charge in [-0.2, -0.15) is 13.2 Å². The van der Waals surface area contributed by atoms with Crippen molar-refractivity contribution in [3.8, 4) is 5.75 Å². The summed E-state index contributed by atoms with van der Waals surface area (Å²) in [4.78, 5) is 14.8. The summed E-state index contributed by atoms with van der Waals surface area (Å²) in [5.41, 5.74) is 0.187. The first-order valence-corrected chi connectivity index (χ1v) is 9.61. The number of carbonyl (C=O) groups excluding carboxylic acids is 1. The molecule has 1 saturated heterocycles. The predicted molar refractivity (Wildman–Crippen MR) is 103 cm³/mol. The van der Waals surface area contributed by atoms with Crippen LogP contribution in [0.2, 0.25) is 0 Å². The molecule has 29 heavy (non-hydrogen) atoms. The second-order valence-electron chi connectivity index (χ2n) is 7.30. The van der Waals surface area contributed by atoms with Crippen molar-refractivity contribution < 1.29 is 32.5 Å². The molecule has 1 aliphatic rings. The second kappa shape index (κ2) is 9.28. The summed E-state index contributed by atoms with van der Waals surface area (Å²) in [6.45, 7) is 4.45. The van der Waals surface area contributed by atoms with Crippen LogP contribution in [0, 0.1) is 0 Å². The number of carbonyl (C=O) groups is 1. The minimum atomic E-state index is -4.49. The number of alkyl halides is 3. The summed E-state index contributed by atoms with van der Waals surface area (Å²) in [5, 5.41) is 2.43. The van der Waals surface area contributed by atoms with Gasteiger partial charge in [0.2, 0.25) is 0 Å². The highest BCUT2D eigenvalue weighted by molar-refractivity contribution is 5.92. The SMILES string of the molecule is COc1cccc(C[NH+]2CC[NH+](CC(=O)Nc3ccccc3C(F)(F)F)CC2)c1. The lowest BCUT2D eigenvalue weighted by atomic mass is 10.1. The molecule has 0 spiro atoms. The average Bonchev–Trinajstić information content (AvgIpc) is 2.69. The Kier molecular flexibility index (Phi) is 6.76. The molecule has 1 heterocycles. The van der Waals surface area contributed by atoms with Gasteiger partial charge in [-0.15, -0.1) is 0 Å². The number of para-hydroxylation sites is 1. The maximum absolute atomic E-state index is 13.1. The molecule has 1 aliphatic heterocycles. The van der Waals surface area contributed by atoms with Crippen molar-refractivity contribution in [2.45, 2.75) is 12.7 Å². The topological polar surface area (TPSA) is 47.2 Å². The van der Waals surface area contributed by atoms with Gasteiger partial charge in [-0.1, -0.05) is 24.3 Å². The Balaban J connectivity index is 1.49. The van der Waals surface area contributed by atoms with Crippen LogP contribution in [-0.4, -0.2) is 45.7 Å². The molecule has 0 unspecified atom stereocenters. The highest BCUT2D eigenvalue weighted by atomic mass is 19.4. The summed E-state index contributed by atoms with van der Waals surface area (Å²) in [6, 6.07) is 13.0. The van der Waals surface area contributed by atoms with Crippen LogP contribution in [0.15, 0.2) is 48.5 Å². The van der Waals surface area contributed by atoms with Gasteiger partial charge in [0.1, 0.15) is 38.5 Å². The summed E-state index contributed by atoms with van der Waals surface area (Å²) >= 11 is 0. The monoisotopic (exact) mass is 409 g/mol. The second-order valence-corrected chi connectivity index (χ2v) is 7.30. The fourth-order valence-corrected chi connectivity index (χ4v) is 3.64. The van der Waals surface area contributed by atoms with Crippen LogP contribution in [0.4, 0.5) is 18.9 Å². The van der Waals surface area contributed by atoms with E-state index >= 15 is 0 Å². The van der Waals surface area contributed by atoms with Crippen molar-refractivity contribution in [1.29, 1.82) is 0 Å². The van der Waals surface area contributed by atoms with Gasteiger partial charge in [0.05, 0.1) is 18.4 Å². The van der Waals surface area contributed by atoms with Gasteiger partial charge in [0.25, 0.3) is 5.91 Å². The summed E-state index contributed by atoms with van der Waals surface area (Å²) < 4.78 is 44.4. The predicted octanol–water partition coefficient (Wildman–Crippen LogP) is 0.636. The standard InChI is InChI=1S/C21H24F3N3O2/c1-29-17-6-4-5-16(13-17)14-26-9-11-27(12-10-26)15-20(28)25-19-8-3-2-7-18(19)21(22,23)24/h2-8,13H,9-12,14-15H2,1H3,(H,25,28)/p+2. The zero-order valence-corrected chi connectivity index (χ0v) is 16.3. The van der Waals surface area contributed by atoms with Crippen molar-refractivity contribution in [3.63, 3.8) is 0 Å². The van der Waals surface area contributed by atoms with Crippen LogP contribution in [0.25, 0.3) is 0 Å². The van der Waals surface area contributed by atoms with Crippen molar-refractivity contribution in [1.82, 2.24) is 0 Å². The highest BCUT2D eigenvalue weighted by Gasteiger charge is 2.34. The number of benzene rings is 2. The lowest BCUT2D eigenvalue weighted by molar-refractivity contribution is -1.02. The smallest absolute Gasteiger partial charge is 0.418 e. The molecule has 8 heteroatoms. The lowest BCUT2D eigenvalue weighted by Gasteiger charge is -2.29. The zero-order valence-electron chi connectivity index (χ0n) is 16.3. The molecule has 0 radical (unpaired) electrons. The number of hydrogen-bond acceptors (Lipinski definition) is 2. The van der Waals surface area contributed by atoms with Crippen molar-refractivity contribution in [3.05, 3.63) is 59.7 Å². The number of quaternary nitrogens is 2. The van der Waals surface area contributed by atoms with E-state index in [1.54, 1.807) is 7.11 Å². The normalized spacial score (nSPS) is 19.6. The molecule has 3 N–H and O–H groups in total. The first-order chi connectivity index (χ1) is 13.8. The van der Waals surface area contributed by atoms with E-state index in [1.807, 2.05) is 18.2 Å². The summed E-state index contributed by atoms with van der Waals surface area (Å²) in [5.74, 6) is 0.440. The molecule has 156 valence electrons. The van der Waals surface area contributed by atoms with E-state index < -0.39 is 17.6 Å². The molecule has 0 aliphatic carbocycles. The van der Waals surface area contributed by atoms with E-state index in [0.717, 1.165) is 49.4 Å². The van der Waals surface area contributed by atoms with Crippen LogP contribution in [-0.2, 0) is 17.5 Å². The zero-order chi connectivity index (χ0) is 20.9. The van der Waals surface area contributed by atoms with Gasteiger partial charge in [-0.3, -0.25) is 4.79 Å². The van der Waals surface area contributed by atoms with Crippen molar-refractivity contribution in [2.75, 3.05) is 45.2 Å². The number of ether oxygens (including phenoxy) is 1. The third-order valence-electron chi connectivity index (χ3n) is 5.17. The molecule has 2 aromatic carbocycles. The average molecular weight is 409 g/mol. The largest absolute Gasteiger partial charge is 0.497 e. The third kappa shape index (κ3) is 5.95. The van der Waals surface area contributed by atoms with Crippen LogP contribution in [0.1, 0.15) is 11.1 Å². The molecule has 1 fully saturated rings. The molecule has 5 nitrogen and oxygen atoms in total. The summed E-state index contributed by atoms with van der Waals surface area (Å²) in [7, 11) is 1.65. The maximum atomic E-state index is 13.1. The van der Waals surface area contributed by atoms with E-state index in [9.17, 15) is 18.0 Å². The first-order valence-electron chi connectivity index (χ1n) is 9.61. The minimum Gasteiger partial charge on any atom is -0.497 e. The Hall–Kier alpha value is -2.58. The Morgan fingerprint density at radius 1 is 1.03 bits per heavy atom. The molecule has 0 bridgehead atoms. The molecule has 1 amide bonds. The Labute approximate surface area is 168 Å². The van der Waals surface area contributed by atoms with E-state index in [0.29, 0.717) is 0 Å². The summed E-state index contributed by atoms with van der Waals surface area (Å²) in [6.07, 6.45) is -4.49. The Morgan fingerprint density at radius 3 is 2.41 bits per heavy atom. The molecule has 0 aromatic heterocycles. The van der Waals surface area contributed by atoms with Gasteiger partial charge < -0.3 is 19.9 Å². The maximum Gasteiger partial charge on any atom is 0.418 e. The van der Waals surface area contributed by atoms with Crippen LogP contribution >= 0.6 is 0 Å². The fraction of sp³-hybridized carbons (Fsp3) is 0.381. The number of methoxy groups -OCH3 is 1. The van der Waals surface area contributed by atoms with Gasteiger partial charge >= 0.3 is 6.18 Å². The first kappa shape index (κ1) is 21.1. The number of piperazine rings is 1. The molecular formula is C21H26F3N3O2+2. The Morgan fingerprint density at radius 2 is 1.72 bits per heavy atom. The van der Waals surface area contributed by atoms with Crippen molar-refractivity contribution >= 4 is 11.6 Å². The lowest BCUT2D eigenvalue weighted by Crippen LogP contribution is -3.28. The number of amides is 1. The van der Waals surface area contributed by atoms with Gasteiger partial charge in [-0.05, 0) is 24.3 Å². The van der Waals surface area contributed by atoms with Crippen LogP contribution in [0.5, 0.6) is 5.75 Å². The molecule has 2 aromatic rings. The molecule has 0 saturated carbocycles. The number of hydrogen-bond donors (Lipinski definition) is 3. The third-order valence-corrected chi connectivity index (χ3v) is 5.17. The van der Waals surface area contributed by atoms with Crippen LogP contribution < -0.4 is 19.9 Å². The van der Waals surface area contributed by atoms with Crippen molar-refractivity contribution in [2.24, 2.45) is 0 Å². The number of rotatable bonds is 6. The quantitative estimate of drug-likeness (QED) is 0.656. The highest BCUT2D eigenvalue weighted by Crippen LogP contribution is 2.34. The molecular weight excluding hydrogens is 383 g/mol. The Bertz CT molecular complexity index is 834. The van der Waals surface area contributed by atoms with E-state index in [1.165, 1.54) is 28.7 Å². The van der Waals surface area contributed by atoms with E-state index in [-0.39, 0.29) is 12.2 Å². The number of nitrogens with one attached hydrogen (secondary N) is 3. The minimum absolute atomic E-state index is 0.165. The number of halogens is 3. The fourth-order valence-electron chi connectivity index (χ4n) is 3.64. The number of anilines is 1. The van der Waals surface area contributed by atoms with Gasteiger partial charge in [0, 0.05) is 5.56 Å². The van der Waals surface area contributed by atoms with Crippen LogP contribution in [0.3, 0.4) is 0 Å². The van der Waals surface area contributed by atoms with E-state index in [2.05, 4.69) is 11.4 Å². The molecule has 0 atom stereocenters.